The number of hydrogen-bond acceptors (Lipinski definition) is 3. The van der Waals surface area contributed by atoms with Crippen LogP contribution in [0.3, 0.4) is 0 Å². The Bertz CT molecular complexity index is 686. The van der Waals surface area contributed by atoms with E-state index in [1.807, 2.05) is 49.4 Å². The number of amides is 2. The van der Waals surface area contributed by atoms with Crippen LogP contribution in [0.15, 0.2) is 54.6 Å². The lowest BCUT2D eigenvalue weighted by Crippen LogP contribution is -2.38. The third kappa shape index (κ3) is 4.84. The van der Waals surface area contributed by atoms with Crippen molar-refractivity contribution >= 4 is 11.8 Å². The number of carbonyl (C=O) groups is 2. The van der Waals surface area contributed by atoms with Crippen molar-refractivity contribution in [2.75, 3.05) is 20.1 Å². The molecule has 0 radical (unpaired) electrons. The first-order chi connectivity index (χ1) is 11.6. The van der Waals surface area contributed by atoms with Crippen molar-refractivity contribution in [2.24, 2.45) is 0 Å². The van der Waals surface area contributed by atoms with Gasteiger partial charge in [-0.2, -0.15) is 0 Å². The fourth-order valence-electron chi connectivity index (χ4n) is 2.28. The quantitative estimate of drug-likeness (QED) is 0.850. The number of likely N-dealkylation sites (N-methyl/N-ethyl adjacent to an activating group) is 2. The van der Waals surface area contributed by atoms with Crippen molar-refractivity contribution < 1.29 is 14.3 Å². The summed E-state index contributed by atoms with van der Waals surface area (Å²) in [4.78, 5) is 25.7. The van der Waals surface area contributed by atoms with Gasteiger partial charge in [-0.25, -0.2) is 0 Å². The number of carbonyl (C=O) groups excluding carboxylic acids is 2. The Morgan fingerprint density at radius 3 is 2.42 bits per heavy atom. The maximum absolute atomic E-state index is 12.6. The molecule has 0 heterocycles. The van der Waals surface area contributed by atoms with Gasteiger partial charge in [-0.15, -0.1) is 0 Å². The lowest BCUT2D eigenvalue weighted by atomic mass is 10.1. The highest BCUT2D eigenvalue weighted by Crippen LogP contribution is 2.16. The molecule has 0 fully saturated rings. The molecule has 0 saturated carbocycles. The Hall–Kier alpha value is -2.82. The molecule has 2 amide bonds. The molecule has 5 nitrogen and oxygen atoms in total. The summed E-state index contributed by atoms with van der Waals surface area (Å²) in [6, 6.07) is 16.7. The first-order valence-electron chi connectivity index (χ1n) is 7.89. The lowest BCUT2D eigenvalue weighted by molar-refractivity contribution is -0.121. The highest BCUT2D eigenvalue weighted by molar-refractivity contribution is 5.97. The number of para-hydroxylation sites is 1. The third-order valence-electron chi connectivity index (χ3n) is 3.49. The van der Waals surface area contributed by atoms with E-state index in [2.05, 4.69) is 5.32 Å². The van der Waals surface area contributed by atoms with E-state index in [9.17, 15) is 9.59 Å². The minimum atomic E-state index is -0.200. The molecule has 0 aliphatic heterocycles. The average Bonchev–Trinajstić information content (AvgIpc) is 2.60. The Kier molecular flexibility index (Phi) is 6.37. The van der Waals surface area contributed by atoms with Crippen LogP contribution in [0.5, 0.6) is 5.75 Å². The minimum Gasteiger partial charge on any atom is -0.489 e. The van der Waals surface area contributed by atoms with Crippen LogP contribution in [0, 0.1) is 0 Å². The third-order valence-corrected chi connectivity index (χ3v) is 3.49. The van der Waals surface area contributed by atoms with Crippen LogP contribution in [0.25, 0.3) is 0 Å². The molecule has 0 spiro atoms. The molecule has 5 heteroatoms. The van der Waals surface area contributed by atoms with Gasteiger partial charge in [0.15, 0.2) is 0 Å². The Morgan fingerprint density at radius 1 is 1.04 bits per heavy atom. The second-order valence-electron chi connectivity index (χ2n) is 5.37. The predicted molar refractivity (Wildman–Crippen MR) is 92.9 cm³/mol. The molecule has 0 unspecified atom stereocenters. The SMILES string of the molecule is CCNC(=O)CN(C)C(=O)c1ccccc1COc1ccccc1. The van der Waals surface area contributed by atoms with Crippen LogP contribution >= 0.6 is 0 Å². The number of benzene rings is 2. The van der Waals surface area contributed by atoms with E-state index >= 15 is 0 Å². The van der Waals surface area contributed by atoms with Gasteiger partial charge in [-0.3, -0.25) is 9.59 Å². The normalized spacial score (nSPS) is 10.1. The fourth-order valence-corrected chi connectivity index (χ4v) is 2.28. The predicted octanol–water partition coefficient (Wildman–Crippen LogP) is 2.47. The van der Waals surface area contributed by atoms with Gasteiger partial charge in [0.2, 0.25) is 5.91 Å². The van der Waals surface area contributed by atoms with Crippen molar-refractivity contribution in [3.63, 3.8) is 0 Å². The highest BCUT2D eigenvalue weighted by atomic mass is 16.5. The molecular formula is C19H22N2O3. The molecule has 0 aromatic heterocycles. The van der Waals surface area contributed by atoms with E-state index < -0.39 is 0 Å². The fraction of sp³-hybridized carbons (Fsp3) is 0.263. The van der Waals surface area contributed by atoms with Crippen LogP contribution in [0.1, 0.15) is 22.8 Å². The topological polar surface area (TPSA) is 58.6 Å². The molecule has 0 bridgehead atoms. The Morgan fingerprint density at radius 2 is 1.71 bits per heavy atom. The smallest absolute Gasteiger partial charge is 0.254 e. The largest absolute Gasteiger partial charge is 0.489 e. The molecule has 0 atom stereocenters. The zero-order valence-electron chi connectivity index (χ0n) is 14.0. The molecule has 2 rings (SSSR count). The molecule has 0 aliphatic rings. The Balaban J connectivity index is 2.07. The summed E-state index contributed by atoms with van der Waals surface area (Å²) in [7, 11) is 1.62. The van der Waals surface area contributed by atoms with E-state index in [-0.39, 0.29) is 18.4 Å². The molecular weight excluding hydrogens is 304 g/mol. The van der Waals surface area contributed by atoms with Gasteiger partial charge in [0.1, 0.15) is 12.4 Å². The van der Waals surface area contributed by atoms with Gasteiger partial charge in [-0.1, -0.05) is 36.4 Å². The summed E-state index contributed by atoms with van der Waals surface area (Å²) < 4.78 is 5.73. The van der Waals surface area contributed by atoms with Crippen LogP contribution in [0.2, 0.25) is 0 Å². The van der Waals surface area contributed by atoms with E-state index in [4.69, 9.17) is 4.74 Å². The molecule has 2 aromatic rings. The van der Waals surface area contributed by atoms with Gasteiger partial charge in [0, 0.05) is 24.7 Å². The van der Waals surface area contributed by atoms with Crippen LogP contribution in [-0.2, 0) is 11.4 Å². The standard InChI is InChI=1S/C19H22N2O3/c1-3-20-18(22)13-21(2)19(23)17-12-8-7-9-15(17)14-24-16-10-5-4-6-11-16/h4-12H,3,13-14H2,1-2H3,(H,20,22). The highest BCUT2D eigenvalue weighted by Gasteiger charge is 2.17. The van der Waals surface area contributed by atoms with Crippen molar-refractivity contribution in [3.05, 3.63) is 65.7 Å². The molecule has 126 valence electrons. The van der Waals surface area contributed by atoms with Gasteiger partial charge in [0.25, 0.3) is 5.91 Å². The minimum absolute atomic E-state index is 0.0283. The van der Waals surface area contributed by atoms with Crippen molar-refractivity contribution in [1.82, 2.24) is 10.2 Å². The number of rotatable bonds is 7. The summed E-state index contributed by atoms with van der Waals surface area (Å²) in [6.07, 6.45) is 0. The Labute approximate surface area is 142 Å². The summed E-state index contributed by atoms with van der Waals surface area (Å²) in [5.41, 5.74) is 1.33. The number of nitrogens with zero attached hydrogens (tertiary/aromatic N) is 1. The van der Waals surface area contributed by atoms with E-state index in [0.717, 1.165) is 11.3 Å². The van der Waals surface area contributed by atoms with Crippen LogP contribution in [-0.4, -0.2) is 36.9 Å². The summed E-state index contributed by atoms with van der Waals surface area (Å²) in [5, 5.41) is 2.69. The van der Waals surface area contributed by atoms with Gasteiger partial charge in [0.05, 0.1) is 6.54 Å². The zero-order valence-corrected chi connectivity index (χ0v) is 14.0. The maximum atomic E-state index is 12.6. The summed E-state index contributed by atoms with van der Waals surface area (Å²) in [6.45, 7) is 2.71. The average molecular weight is 326 g/mol. The second-order valence-corrected chi connectivity index (χ2v) is 5.37. The number of ether oxygens (including phenoxy) is 1. The summed E-state index contributed by atoms with van der Waals surface area (Å²) in [5.74, 6) is 0.371. The molecule has 1 N–H and O–H groups in total. The molecule has 2 aromatic carbocycles. The number of nitrogens with one attached hydrogen (secondary N) is 1. The first kappa shape index (κ1) is 17.5. The molecule has 0 saturated heterocycles. The summed E-state index contributed by atoms with van der Waals surface area (Å²) >= 11 is 0. The van der Waals surface area contributed by atoms with E-state index in [1.54, 1.807) is 19.2 Å². The van der Waals surface area contributed by atoms with Crippen molar-refractivity contribution in [3.8, 4) is 5.75 Å². The second kappa shape index (κ2) is 8.72. The van der Waals surface area contributed by atoms with Crippen LogP contribution < -0.4 is 10.1 Å². The van der Waals surface area contributed by atoms with Crippen LogP contribution in [0.4, 0.5) is 0 Å². The monoisotopic (exact) mass is 326 g/mol. The van der Waals surface area contributed by atoms with E-state index in [0.29, 0.717) is 18.7 Å². The maximum Gasteiger partial charge on any atom is 0.254 e. The van der Waals surface area contributed by atoms with Gasteiger partial charge >= 0.3 is 0 Å². The molecule has 0 aliphatic carbocycles. The first-order valence-corrected chi connectivity index (χ1v) is 7.89. The van der Waals surface area contributed by atoms with Crippen molar-refractivity contribution in [1.29, 1.82) is 0 Å². The van der Waals surface area contributed by atoms with E-state index in [1.165, 1.54) is 4.90 Å². The number of hydrogen-bond donors (Lipinski definition) is 1. The molecule has 24 heavy (non-hydrogen) atoms. The van der Waals surface area contributed by atoms with Gasteiger partial charge < -0.3 is 15.0 Å². The van der Waals surface area contributed by atoms with Crippen molar-refractivity contribution in [2.45, 2.75) is 13.5 Å². The van der Waals surface area contributed by atoms with Gasteiger partial charge in [-0.05, 0) is 25.1 Å². The lowest BCUT2D eigenvalue weighted by Gasteiger charge is -2.18. The zero-order chi connectivity index (χ0) is 17.4.